The minimum atomic E-state index is -4.45. The van der Waals surface area contributed by atoms with Gasteiger partial charge in [-0.25, -0.2) is 10.4 Å². The van der Waals surface area contributed by atoms with Crippen LogP contribution >= 0.6 is 0 Å². The normalized spacial score (nSPS) is 16.4. The standard InChI is InChI=1S/C19H16F3N5O2/c20-19(21,22)13-6-8-14(9-7-13)24-16(28)10-15-17(29)26-18(25-15)27-23-11-12-4-2-1-3-5-12/h1-9,11,15H,10H2,(H,24,28)(H2,25,26,27,29). The van der Waals surface area contributed by atoms with Crippen LogP contribution in [0.3, 0.4) is 0 Å². The molecule has 1 atom stereocenters. The Labute approximate surface area is 163 Å². The maximum atomic E-state index is 12.6. The lowest BCUT2D eigenvalue weighted by molar-refractivity contribution is -0.137. The van der Waals surface area contributed by atoms with Crippen molar-refractivity contribution in [3.05, 3.63) is 65.7 Å². The smallest absolute Gasteiger partial charge is 0.326 e. The van der Waals surface area contributed by atoms with Crippen molar-refractivity contribution in [3.63, 3.8) is 0 Å². The van der Waals surface area contributed by atoms with Gasteiger partial charge in [-0.05, 0) is 29.8 Å². The first-order valence-electron chi connectivity index (χ1n) is 8.51. The van der Waals surface area contributed by atoms with Crippen molar-refractivity contribution in [2.24, 2.45) is 10.1 Å². The third-order valence-electron chi connectivity index (χ3n) is 3.89. The third kappa shape index (κ3) is 5.64. The van der Waals surface area contributed by atoms with Gasteiger partial charge in [0.05, 0.1) is 18.2 Å². The number of alkyl halides is 3. The highest BCUT2D eigenvalue weighted by Gasteiger charge is 2.30. The Kier molecular flexibility index (Phi) is 5.91. The quantitative estimate of drug-likeness (QED) is 0.529. The molecule has 0 saturated heterocycles. The summed E-state index contributed by atoms with van der Waals surface area (Å²) in [6.45, 7) is 0. The number of halogens is 3. The van der Waals surface area contributed by atoms with Gasteiger partial charge in [0.15, 0.2) is 0 Å². The molecule has 7 nitrogen and oxygen atoms in total. The van der Waals surface area contributed by atoms with E-state index in [1.54, 1.807) is 6.21 Å². The van der Waals surface area contributed by atoms with Crippen LogP contribution in [0.15, 0.2) is 64.7 Å². The van der Waals surface area contributed by atoms with E-state index < -0.39 is 29.6 Å². The van der Waals surface area contributed by atoms with E-state index in [-0.39, 0.29) is 18.1 Å². The Balaban J connectivity index is 1.53. The number of guanidine groups is 1. The summed E-state index contributed by atoms with van der Waals surface area (Å²) in [4.78, 5) is 28.1. The van der Waals surface area contributed by atoms with Crippen molar-refractivity contribution in [3.8, 4) is 0 Å². The van der Waals surface area contributed by atoms with Crippen LogP contribution in [0, 0.1) is 0 Å². The monoisotopic (exact) mass is 403 g/mol. The van der Waals surface area contributed by atoms with E-state index in [0.717, 1.165) is 29.8 Å². The van der Waals surface area contributed by atoms with Crippen LogP contribution < -0.4 is 16.1 Å². The third-order valence-corrected chi connectivity index (χ3v) is 3.89. The van der Waals surface area contributed by atoms with Crippen molar-refractivity contribution in [1.29, 1.82) is 0 Å². The Hall–Kier alpha value is -3.69. The predicted molar refractivity (Wildman–Crippen MR) is 101 cm³/mol. The molecule has 1 heterocycles. The predicted octanol–water partition coefficient (Wildman–Crippen LogP) is 2.51. The number of anilines is 1. The lowest BCUT2D eigenvalue weighted by atomic mass is 10.1. The van der Waals surface area contributed by atoms with E-state index in [1.165, 1.54) is 0 Å². The molecule has 3 rings (SSSR count). The van der Waals surface area contributed by atoms with Crippen LogP contribution in [-0.4, -0.2) is 30.0 Å². The van der Waals surface area contributed by atoms with Gasteiger partial charge in [-0.1, -0.05) is 30.3 Å². The van der Waals surface area contributed by atoms with E-state index in [4.69, 9.17) is 0 Å². The highest BCUT2D eigenvalue weighted by atomic mass is 19.4. The average molecular weight is 403 g/mol. The zero-order chi connectivity index (χ0) is 20.9. The van der Waals surface area contributed by atoms with E-state index in [1.807, 2.05) is 30.3 Å². The molecule has 1 unspecified atom stereocenters. The van der Waals surface area contributed by atoms with Crippen molar-refractivity contribution in [2.45, 2.75) is 18.6 Å². The summed E-state index contributed by atoms with van der Waals surface area (Å²) >= 11 is 0. The SMILES string of the molecule is O=C(CC1N=C(NN=Cc2ccccc2)NC1=O)Nc1ccc(C(F)(F)F)cc1. The summed E-state index contributed by atoms with van der Waals surface area (Å²) in [7, 11) is 0. The van der Waals surface area contributed by atoms with Gasteiger partial charge in [-0.3, -0.25) is 14.9 Å². The Morgan fingerprint density at radius 2 is 1.83 bits per heavy atom. The first-order valence-corrected chi connectivity index (χ1v) is 8.51. The molecule has 3 N–H and O–H groups in total. The Bertz CT molecular complexity index is 941. The molecule has 0 bridgehead atoms. The topological polar surface area (TPSA) is 94.9 Å². The Morgan fingerprint density at radius 1 is 1.14 bits per heavy atom. The first-order chi connectivity index (χ1) is 13.8. The van der Waals surface area contributed by atoms with E-state index in [2.05, 4.69) is 26.2 Å². The zero-order valence-corrected chi connectivity index (χ0v) is 14.9. The van der Waals surface area contributed by atoms with Crippen LogP contribution in [0.5, 0.6) is 0 Å². The van der Waals surface area contributed by atoms with Gasteiger partial charge < -0.3 is 5.32 Å². The number of carbonyl (C=O) groups excluding carboxylic acids is 2. The second-order valence-electron chi connectivity index (χ2n) is 6.09. The molecule has 10 heteroatoms. The molecule has 0 spiro atoms. The van der Waals surface area contributed by atoms with Gasteiger partial charge in [-0.2, -0.15) is 18.3 Å². The molecule has 0 aromatic heterocycles. The number of hydrogen-bond acceptors (Lipinski definition) is 5. The molecule has 1 aliphatic heterocycles. The van der Waals surface area contributed by atoms with E-state index in [0.29, 0.717) is 0 Å². The number of amides is 2. The molecule has 2 amide bonds. The largest absolute Gasteiger partial charge is 0.416 e. The summed E-state index contributed by atoms with van der Waals surface area (Å²) in [6.07, 6.45) is -3.18. The number of hydrazone groups is 1. The number of aliphatic imine (C=N–C) groups is 1. The van der Waals surface area contributed by atoms with E-state index >= 15 is 0 Å². The lowest BCUT2D eigenvalue weighted by Crippen LogP contribution is -2.35. The van der Waals surface area contributed by atoms with E-state index in [9.17, 15) is 22.8 Å². The molecular formula is C19H16F3N5O2. The van der Waals surface area contributed by atoms with Crippen molar-refractivity contribution in [1.82, 2.24) is 10.7 Å². The molecule has 0 fully saturated rings. The fourth-order valence-electron chi connectivity index (χ4n) is 2.48. The second-order valence-corrected chi connectivity index (χ2v) is 6.09. The first kappa shape index (κ1) is 20.1. The highest BCUT2D eigenvalue weighted by molar-refractivity contribution is 6.07. The average Bonchev–Trinajstić information content (AvgIpc) is 3.01. The van der Waals surface area contributed by atoms with Crippen molar-refractivity contribution >= 4 is 29.7 Å². The van der Waals surface area contributed by atoms with Gasteiger partial charge in [0, 0.05) is 5.69 Å². The van der Waals surface area contributed by atoms with Crippen LogP contribution in [-0.2, 0) is 15.8 Å². The fourth-order valence-corrected chi connectivity index (χ4v) is 2.48. The number of carbonyl (C=O) groups is 2. The minimum absolute atomic E-state index is 0.106. The van der Waals surface area contributed by atoms with Crippen molar-refractivity contribution in [2.75, 3.05) is 5.32 Å². The maximum absolute atomic E-state index is 12.6. The summed E-state index contributed by atoms with van der Waals surface area (Å²) in [5, 5.41) is 8.86. The molecule has 0 saturated carbocycles. The molecule has 2 aromatic rings. The van der Waals surface area contributed by atoms with Gasteiger partial charge in [0.25, 0.3) is 5.91 Å². The second kappa shape index (κ2) is 8.55. The molecule has 150 valence electrons. The number of benzene rings is 2. The van der Waals surface area contributed by atoms with Crippen LogP contribution in [0.4, 0.5) is 18.9 Å². The lowest BCUT2D eigenvalue weighted by Gasteiger charge is -2.09. The zero-order valence-electron chi connectivity index (χ0n) is 14.9. The number of nitrogens with zero attached hydrogens (tertiary/aromatic N) is 2. The molecule has 0 radical (unpaired) electrons. The maximum Gasteiger partial charge on any atom is 0.416 e. The van der Waals surface area contributed by atoms with Crippen molar-refractivity contribution < 1.29 is 22.8 Å². The number of hydrogen-bond donors (Lipinski definition) is 3. The molecule has 2 aromatic carbocycles. The molecule has 0 aliphatic carbocycles. The Morgan fingerprint density at radius 3 is 2.48 bits per heavy atom. The van der Waals surface area contributed by atoms with Crippen LogP contribution in [0.25, 0.3) is 0 Å². The molecule has 1 aliphatic rings. The van der Waals surface area contributed by atoms with Gasteiger partial charge in [-0.15, -0.1) is 0 Å². The fraction of sp³-hybridized carbons (Fsp3) is 0.158. The summed E-state index contributed by atoms with van der Waals surface area (Å²) in [5.41, 5.74) is 2.80. The van der Waals surface area contributed by atoms with Gasteiger partial charge in [0.1, 0.15) is 6.04 Å². The van der Waals surface area contributed by atoms with Crippen LogP contribution in [0.2, 0.25) is 0 Å². The summed E-state index contributed by atoms with van der Waals surface area (Å²) < 4.78 is 37.7. The number of nitrogens with one attached hydrogen (secondary N) is 3. The molecular weight excluding hydrogens is 387 g/mol. The van der Waals surface area contributed by atoms with Gasteiger partial charge >= 0.3 is 6.18 Å². The minimum Gasteiger partial charge on any atom is -0.326 e. The van der Waals surface area contributed by atoms with Crippen LogP contribution in [0.1, 0.15) is 17.5 Å². The highest BCUT2D eigenvalue weighted by Crippen LogP contribution is 2.29. The molecule has 29 heavy (non-hydrogen) atoms. The summed E-state index contributed by atoms with van der Waals surface area (Å²) in [6, 6.07) is 12.3. The summed E-state index contributed by atoms with van der Waals surface area (Å²) in [5.74, 6) is -0.929. The van der Waals surface area contributed by atoms with Gasteiger partial charge in [0.2, 0.25) is 11.9 Å². The number of rotatable bonds is 5.